The standard InChI is InChI=1S/C28H30ClF3N8O/c1-17(38-6-8-39(9-7-38)26(41)13-28(30,31)32)19-4-5-33-25(10-19)37-27-35-23-11-21(22(29)12-24(23)36-27)20-14-34-40(16-20)15-18-2-3-18/h4-5,10-12,14,16-18H,2-3,6-9,13,15H2,1H3,(H2,33,35,36,37). The Morgan fingerprint density at radius 2 is 1.98 bits per heavy atom. The molecule has 3 aromatic heterocycles. The Balaban J connectivity index is 1.12. The van der Waals surface area contributed by atoms with Crippen LogP contribution >= 0.6 is 11.6 Å². The second kappa shape index (κ2) is 11.0. The molecule has 2 fully saturated rings. The zero-order valence-electron chi connectivity index (χ0n) is 22.5. The first kappa shape index (κ1) is 27.5. The lowest BCUT2D eigenvalue weighted by atomic mass is 10.1. The van der Waals surface area contributed by atoms with Crippen LogP contribution in [0.25, 0.3) is 22.2 Å². The van der Waals surface area contributed by atoms with E-state index in [4.69, 9.17) is 16.6 Å². The van der Waals surface area contributed by atoms with Gasteiger partial charge < -0.3 is 15.2 Å². The van der Waals surface area contributed by atoms with Crippen molar-refractivity contribution in [1.29, 1.82) is 0 Å². The van der Waals surface area contributed by atoms with Gasteiger partial charge in [-0.15, -0.1) is 0 Å². The van der Waals surface area contributed by atoms with Crippen molar-refractivity contribution in [1.82, 2.24) is 34.5 Å². The average Bonchev–Trinajstić information content (AvgIpc) is 3.48. The highest BCUT2D eigenvalue weighted by Crippen LogP contribution is 2.34. The molecule has 4 aromatic rings. The van der Waals surface area contributed by atoms with Gasteiger partial charge in [0.1, 0.15) is 12.2 Å². The number of aromatic amines is 1. The van der Waals surface area contributed by atoms with E-state index < -0.39 is 18.5 Å². The number of rotatable bonds is 8. The first-order chi connectivity index (χ1) is 19.6. The van der Waals surface area contributed by atoms with Gasteiger partial charge in [0.2, 0.25) is 11.9 Å². The molecule has 0 radical (unpaired) electrons. The first-order valence-corrected chi connectivity index (χ1v) is 14.0. The number of carbonyl (C=O) groups excluding carboxylic acids is 1. The van der Waals surface area contributed by atoms with Crippen LogP contribution in [0.2, 0.25) is 5.02 Å². The van der Waals surface area contributed by atoms with Gasteiger partial charge >= 0.3 is 6.18 Å². The Hall–Kier alpha value is -3.64. The molecule has 1 aliphatic carbocycles. The molecule has 41 heavy (non-hydrogen) atoms. The molecule has 1 aliphatic heterocycles. The molecule has 9 nitrogen and oxygen atoms in total. The van der Waals surface area contributed by atoms with Gasteiger partial charge in [-0.3, -0.25) is 14.4 Å². The van der Waals surface area contributed by atoms with E-state index in [0.717, 1.165) is 40.2 Å². The molecular formula is C28H30ClF3N8O. The second-order valence-electron chi connectivity index (χ2n) is 10.8. The lowest BCUT2D eigenvalue weighted by molar-refractivity contribution is -0.162. The van der Waals surface area contributed by atoms with Crippen molar-refractivity contribution >= 4 is 40.3 Å². The van der Waals surface area contributed by atoms with Gasteiger partial charge in [-0.05, 0) is 55.5 Å². The Bertz CT molecular complexity index is 1560. The van der Waals surface area contributed by atoms with Crippen LogP contribution in [0.1, 0.15) is 37.8 Å². The highest BCUT2D eigenvalue weighted by atomic mass is 35.5. The van der Waals surface area contributed by atoms with Crippen molar-refractivity contribution in [3.63, 3.8) is 0 Å². The highest BCUT2D eigenvalue weighted by Gasteiger charge is 2.35. The molecule has 0 bridgehead atoms. The summed E-state index contributed by atoms with van der Waals surface area (Å²) in [6.45, 7) is 4.47. The normalized spacial score (nSPS) is 17.2. The number of imidazole rings is 1. The van der Waals surface area contributed by atoms with Gasteiger partial charge in [0.05, 0.1) is 22.3 Å². The smallest absolute Gasteiger partial charge is 0.340 e. The van der Waals surface area contributed by atoms with Gasteiger partial charge in [0.25, 0.3) is 0 Å². The number of hydrogen-bond donors (Lipinski definition) is 2. The Morgan fingerprint density at radius 3 is 2.71 bits per heavy atom. The summed E-state index contributed by atoms with van der Waals surface area (Å²) in [5.74, 6) is 0.971. The number of H-pyrrole nitrogens is 1. The Labute approximate surface area is 239 Å². The number of halogens is 4. The molecule has 1 saturated heterocycles. The number of fused-ring (bicyclic) bond motifs is 1. The molecule has 1 aromatic carbocycles. The third-order valence-corrected chi connectivity index (χ3v) is 8.05. The van der Waals surface area contributed by atoms with Gasteiger partial charge in [-0.2, -0.15) is 18.3 Å². The first-order valence-electron chi connectivity index (χ1n) is 13.6. The molecule has 1 unspecified atom stereocenters. The summed E-state index contributed by atoms with van der Waals surface area (Å²) >= 11 is 6.62. The van der Waals surface area contributed by atoms with Crippen LogP contribution in [-0.2, 0) is 11.3 Å². The topological polar surface area (TPSA) is 95.0 Å². The van der Waals surface area contributed by atoms with Crippen LogP contribution in [0.15, 0.2) is 42.9 Å². The highest BCUT2D eigenvalue weighted by molar-refractivity contribution is 6.34. The summed E-state index contributed by atoms with van der Waals surface area (Å²) in [5, 5.41) is 8.32. The van der Waals surface area contributed by atoms with Gasteiger partial charge in [-0.1, -0.05) is 11.6 Å². The van der Waals surface area contributed by atoms with E-state index in [0.29, 0.717) is 29.9 Å². The van der Waals surface area contributed by atoms with E-state index in [2.05, 4.69) is 25.3 Å². The average molecular weight is 587 g/mol. The van der Waals surface area contributed by atoms with Gasteiger partial charge in [0.15, 0.2) is 0 Å². The van der Waals surface area contributed by atoms with Crippen molar-refractivity contribution in [3.05, 3.63) is 53.4 Å². The maximum Gasteiger partial charge on any atom is 0.397 e. The summed E-state index contributed by atoms with van der Waals surface area (Å²) in [6.07, 6.45) is 2.17. The number of piperazine rings is 1. The number of benzene rings is 1. The van der Waals surface area contributed by atoms with Crippen molar-refractivity contribution in [2.24, 2.45) is 5.92 Å². The quantitative estimate of drug-likeness (QED) is 0.272. The van der Waals surface area contributed by atoms with Crippen LogP contribution in [0.3, 0.4) is 0 Å². The van der Waals surface area contributed by atoms with E-state index in [1.54, 1.807) is 6.20 Å². The van der Waals surface area contributed by atoms with E-state index >= 15 is 0 Å². The molecule has 1 amide bonds. The van der Waals surface area contributed by atoms with E-state index in [1.807, 2.05) is 48.3 Å². The third-order valence-electron chi connectivity index (χ3n) is 7.74. The fourth-order valence-electron chi connectivity index (χ4n) is 5.23. The van der Waals surface area contributed by atoms with Gasteiger partial charge in [-0.25, -0.2) is 9.97 Å². The molecule has 2 N–H and O–H groups in total. The number of aromatic nitrogens is 5. The van der Waals surface area contributed by atoms with Crippen LogP contribution in [-0.4, -0.2) is 72.8 Å². The summed E-state index contributed by atoms with van der Waals surface area (Å²) < 4.78 is 39.8. The lowest BCUT2D eigenvalue weighted by Gasteiger charge is -2.38. The molecule has 4 heterocycles. The number of nitrogens with one attached hydrogen (secondary N) is 2. The Morgan fingerprint density at radius 1 is 1.20 bits per heavy atom. The van der Waals surface area contributed by atoms with Gasteiger partial charge in [0, 0.05) is 62.3 Å². The molecular weight excluding hydrogens is 557 g/mol. The maximum atomic E-state index is 12.6. The third kappa shape index (κ3) is 6.48. The molecule has 2 aliphatic rings. The maximum absolute atomic E-state index is 12.6. The van der Waals surface area contributed by atoms with Crippen molar-refractivity contribution in [2.75, 3.05) is 31.5 Å². The minimum atomic E-state index is -4.49. The predicted octanol–water partition coefficient (Wildman–Crippen LogP) is 5.79. The number of hydrogen-bond acceptors (Lipinski definition) is 6. The molecule has 1 atom stereocenters. The SMILES string of the molecule is CC(c1ccnc(Nc2nc3cc(-c4cnn(CC5CC5)c4)c(Cl)cc3[nH]2)c1)N1CCN(C(=O)CC(F)(F)F)CC1. The largest absolute Gasteiger partial charge is 0.397 e. The minimum Gasteiger partial charge on any atom is -0.340 e. The van der Waals surface area contributed by atoms with Crippen molar-refractivity contribution in [3.8, 4) is 11.1 Å². The molecule has 1 saturated carbocycles. The van der Waals surface area contributed by atoms with Crippen molar-refractivity contribution in [2.45, 2.75) is 44.9 Å². The Kier molecular flexibility index (Phi) is 7.37. The number of carbonyl (C=O) groups is 1. The molecule has 6 rings (SSSR count). The monoisotopic (exact) mass is 586 g/mol. The minimum absolute atomic E-state index is 0.0173. The molecule has 13 heteroatoms. The number of alkyl halides is 3. The molecule has 0 spiro atoms. The summed E-state index contributed by atoms with van der Waals surface area (Å²) in [6, 6.07) is 7.61. The summed E-state index contributed by atoms with van der Waals surface area (Å²) in [7, 11) is 0. The van der Waals surface area contributed by atoms with Crippen molar-refractivity contribution < 1.29 is 18.0 Å². The van der Waals surface area contributed by atoms with E-state index in [9.17, 15) is 18.0 Å². The van der Waals surface area contributed by atoms with E-state index in [-0.39, 0.29) is 19.1 Å². The number of anilines is 2. The summed E-state index contributed by atoms with van der Waals surface area (Å²) in [5.41, 5.74) is 4.35. The van der Waals surface area contributed by atoms with E-state index in [1.165, 1.54) is 17.7 Å². The number of nitrogens with zero attached hydrogens (tertiary/aromatic N) is 6. The van der Waals surface area contributed by atoms with Crippen LogP contribution in [0, 0.1) is 5.92 Å². The fourth-order valence-corrected chi connectivity index (χ4v) is 5.50. The zero-order valence-corrected chi connectivity index (χ0v) is 23.2. The summed E-state index contributed by atoms with van der Waals surface area (Å²) in [4.78, 5) is 27.8. The van der Waals surface area contributed by atoms with Crippen LogP contribution < -0.4 is 5.32 Å². The lowest BCUT2D eigenvalue weighted by Crippen LogP contribution is -2.50. The number of pyridine rings is 1. The van der Waals surface area contributed by atoms with Crippen LogP contribution in [0.5, 0.6) is 0 Å². The van der Waals surface area contributed by atoms with Crippen LogP contribution in [0.4, 0.5) is 24.9 Å². The second-order valence-corrected chi connectivity index (χ2v) is 11.2. The zero-order chi connectivity index (χ0) is 28.7. The molecule has 216 valence electrons. The predicted molar refractivity (Wildman–Crippen MR) is 150 cm³/mol. The number of amides is 1. The fraction of sp³-hybridized carbons (Fsp3) is 0.429.